The largest absolute Gasteiger partial charge is 0.457 e. The Morgan fingerprint density at radius 3 is 2.15 bits per heavy atom. The van der Waals surface area contributed by atoms with Gasteiger partial charge in [0, 0.05) is 36.3 Å². The number of benzene rings is 7. The molecule has 1 aliphatic heterocycles. The lowest BCUT2D eigenvalue weighted by Crippen LogP contribution is -2.44. The van der Waals surface area contributed by atoms with Crippen LogP contribution in [0.25, 0.3) is 21.9 Å². The third-order valence-electron chi connectivity index (χ3n) is 11.6. The van der Waals surface area contributed by atoms with Crippen LogP contribution in [0.4, 0.5) is 10.5 Å². The first-order valence-electron chi connectivity index (χ1n) is 20.6. The van der Waals surface area contributed by atoms with Gasteiger partial charge in [-0.15, -0.1) is 0 Å². The highest BCUT2D eigenvalue weighted by Crippen LogP contribution is 2.43. The molecule has 5 atom stereocenters. The van der Waals surface area contributed by atoms with Gasteiger partial charge in [-0.05, 0) is 101 Å². The maximum absolute atomic E-state index is 13.0. The second kappa shape index (κ2) is 18.7. The van der Waals surface area contributed by atoms with E-state index in [1.165, 1.54) is 16.3 Å². The molecule has 7 aromatic carbocycles. The van der Waals surface area contributed by atoms with Gasteiger partial charge in [0.25, 0.3) is 0 Å². The lowest BCUT2D eigenvalue weighted by molar-refractivity contribution is -0.276. The zero-order chi connectivity index (χ0) is 41.4. The Labute approximate surface area is 352 Å². The van der Waals surface area contributed by atoms with E-state index in [-0.39, 0.29) is 36.8 Å². The van der Waals surface area contributed by atoms with Gasteiger partial charge >= 0.3 is 6.03 Å². The molecular formula is C52H51N3O5. The highest BCUT2D eigenvalue weighted by molar-refractivity contribution is 5.89. The summed E-state index contributed by atoms with van der Waals surface area (Å²) in [5, 5.41) is 18.1. The van der Waals surface area contributed by atoms with Crippen molar-refractivity contribution in [2.24, 2.45) is 5.92 Å². The molecule has 0 spiro atoms. The van der Waals surface area contributed by atoms with Gasteiger partial charge in [-0.1, -0.05) is 134 Å². The third-order valence-corrected chi connectivity index (χ3v) is 11.6. The predicted molar refractivity (Wildman–Crippen MR) is 239 cm³/mol. The highest BCUT2D eigenvalue weighted by Gasteiger charge is 2.39. The van der Waals surface area contributed by atoms with Crippen molar-refractivity contribution in [2.45, 2.75) is 51.5 Å². The first kappa shape index (κ1) is 40.5. The van der Waals surface area contributed by atoms with Crippen LogP contribution in [0.3, 0.4) is 0 Å². The highest BCUT2D eigenvalue weighted by atomic mass is 16.7. The van der Waals surface area contributed by atoms with Crippen LogP contribution in [0.5, 0.6) is 11.5 Å². The number of hydrogen-bond acceptors (Lipinski definition) is 6. The molecule has 1 saturated heterocycles. The standard InChI is InChI=1S/C52H51N3O5/c1-35-49(33-55(3)36(2)42-26-21-38-11-7-8-12-43(38)31-42)59-51(60-50(35)40-19-17-37(34-56)18-20-40)41-24-22-39(23-25-41)48-16-10-9-13-44(48)32-53-52(57)54-45-27-29-47(30-28-45)58-46-14-5-4-6-15-46/h4-31,35-36,49-51,56H,32-34H2,1-3H3,(H2,53,54,57)/t35-,36+,49+,50+,51+/m0/s1. The summed E-state index contributed by atoms with van der Waals surface area (Å²) in [6, 6.07) is 56.3. The number of fused-ring (bicyclic) bond motifs is 1. The molecule has 304 valence electrons. The van der Waals surface area contributed by atoms with Crippen LogP contribution in [0.2, 0.25) is 0 Å². The number of aliphatic hydroxyl groups excluding tert-OH is 1. The zero-order valence-corrected chi connectivity index (χ0v) is 34.2. The van der Waals surface area contributed by atoms with E-state index in [1.54, 1.807) is 0 Å². The van der Waals surface area contributed by atoms with Crippen LogP contribution in [-0.4, -0.2) is 35.7 Å². The fourth-order valence-electron chi connectivity index (χ4n) is 7.85. The number of carbonyl (C=O) groups excluding carboxylic acids is 1. The number of nitrogens with one attached hydrogen (secondary N) is 2. The Kier molecular flexibility index (Phi) is 12.6. The van der Waals surface area contributed by atoms with E-state index in [9.17, 15) is 9.90 Å². The monoisotopic (exact) mass is 797 g/mol. The van der Waals surface area contributed by atoms with E-state index in [4.69, 9.17) is 14.2 Å². The summed E-state index contributed by atoms with van der Waals surface area (Å²) in [4.78, 5) is 15.3. The zero-order valence-electron chi connectivity index (χ0n) is 34.2. The number of ether oxygens (including phenoxy) is 3. The van der Waals surface area contributed by atoms with Gasteiger partial charge in [-0.3, -0.25) is 4.90 Å². The molecule has 3 N–H and O–H groups in total. The molecule has 1 fully saturated rings. The van der Waals surface area contributed by atoms with Crippen molar-refractivity contribution in [1.82, 2.24) is 10.2 Å². The van der Waals surface area contributed by atoms with Gasteiger partial charge in [0.1, 0.15) is 11.5 Å². The molecule has 8 heteroatoms. The van der Waals surface area contributed by atoms with Crippen molar-refractivity contribution in [1.29, 1.82) is 0 Å². The van der Waals surface area contributed by atoms with Crippen LogP contribution in [0.1, 0.15) is 60.1 Å². The van der Waals surface area contributed by atoms with Gasteiger partial charge in [0.15, 0.2) is 6.29 Å². The summed E-state index contributed by atoms with van der Waals surface area (Å²) in [6.45, 7) is 5.49. The fourth-order valence-corrected chi connectivity index (χ4v) is 7.85. The number of amides is 2. The van der Waals surface area contributed by atoms with E-state index in [0.29, 0.717) is 24.5 Å². The average molecular weight is 798 g/mol. The second-order valence-electron chi connectivity index (χ2n) is 15.6. The predicted octanol–water partition coefficient (Wildman–Crippen LogP) is 11.6. The summed E-state index contributed by atoms with van der Waals surface area (Å²) in [6.07, 6.45) is -0.937. The summed E-state index contributed by atoms with van der Waals surface area (Å²) in [7, 11) is 2.16. The number of rotatable bonds is 13. The summed E-state index contributed by atoms with van der Waals surface area (Å²) in [5.74, 6) is 1.49. The van der Waals surface area contributed by atoms with Crippen molar-refractivity contribution in [3.63, 3.8) is 0 Å². The number of anilines is 1. The number of para-hydroxylation sites is 1. The van der Waals surface area contributed by atoms with Crippen molar-refractivity contribution < 1.29 is 24.1 Å². The van der Waals surface area contributed by atoms with Crippen molar-refractivity contribution >= 4 is 22.5 Å². The Hall–Kier alpha value is -6.29. The molecule has 1 heterocycles. The third kappa shape index (κ3) is 9.60. The molecule has 8 rings (SSSR count). The van der Waals surface area contributed by atoms with E-state index in [0.717, 1.165) is 39.1 Å². The van der Waals surface area contributed by atoms with Gasteiger partial charge in [0.2, 0.25) is 0 Å². The Morgan fingerprint density at radius 1 is 0.733 bits per heavy atom. The molecule has 0 saturated carbocycles. The topological polar surface area (TPSA) is 92.3 Å². The van der Waals surface area contributed by atoms with Crippen LogP contribution >= 0.6 is 0 Å². The number of aliphatic hydroxyl groups is 1. The second-order valence-corrected chi connectivity index (χ2v) is 15.6. The van der Waals surface area contributed by atoms with E-state index < -0.39 is 6.29 Å². The molecule has 7 aromatic rings. The van der Waals surface area contributed by atoms with Gasteiger partial charge in [-0.2, -0.15) is 0 Å². The maximum atomic E-state index is 13.0. The molecule has 8 nitrogen and oxygen atoms in total. The number of carbonyl (C=O) groups is 1. The average Bonchev–Trinajstić information content (AvgIpc) is 3.29. The summed E-state index contributed by atoms with van der Waals surface area (Å²) < 4.78 is 19.5. The number of nitrogens with zero attached hydrogens (tertiary/aromatic N) is 1. The lowest BCUT2D eigenvalue weighted by atomic mass is 9.89. The minimum absolute atomic E-state index is 0.00755. The van der Waals surface area contributed by atoms with Crippen LogP contribution in [0, 0.1) is 5.92 Å². The number of likely N-dealkylation sites (N-methyl/N-ethyl adjacent to an activating group) is 1. The van der Waals surface area contributed by atoms with E-state index >= 15 is 0 Å². The fraction of sp³-hybridized carbons (Fsp3) is 0.212. The molecule has 2 amide bonds. The number of urea groups is 1. The number of hydrogen-bond donors (Lipinski definition) is 3. The molecule has 1 aliphatic rings. The smallest absolute Gasteiger partial charge is 0.319 e. The summed E-state index contributed by atoms with van der Waals surface area (Å²) in [5.41, 5.74) is 7.79. The van der Waals surface area contributed by atoms with Crippen LogP contribution in [0.15, 0.2) is 170 Å². The molecule has 60 heavy (non-hydrogen) atoms. The van der Waals surface area contributed by atoms with Gasteiger partial charge in [0.05, 0.1) is 18.8 Å². The minimum atomic E-state index is -0.591. The van der Waals surface area contributed by atoms with Gasteiger partial charge < -0.3 is 30.0 Å². The molecular weight excluding hydrogens is 747 g/mol. The minimum Gasteiger partial charge on any atom is -0.457 e. The van der Waals surface area contributed by atoms with E-state index in [1.807, 2.05) is 84.9 Å². The van der Waals surface area contributed by atoms with Crippen LogP contribution < -0.4 is 15.4 Å². The molecule has 0 aromatic heterocycles. The molecule has 0 radical (unpaired) electrons. The Bertz CT molecular complexity index is 2490. The van der Waals surface area contributed by atoms with Crippen molar-refractivity contribution in [3.05, 3.63) is 198 Å². The van der Waals surface area contributed by atoms with Crippen molar-refractivity contribution in [3.8, 4) is 22.6 Å². The SMILES string of the molecule is C[C@H]1[C@@H](CN(C)[C@H](C)c2ccc3ccccc3c2)O[C@@H](c2ccc(-c3ccccc3CNC(=O)Nc3ccc(Oc4ccccc4)cc3)cc2)O[C@H]1c1ccc(CO)cc1. The Balaban J connectivity index is 0.950. The maximum Gasteiger partial charge on any atom is 0.319 e. The quantitative estimate of drug-likeness (QED) is 0.108. The summed E-state index contributed by atoms with van der Waals surface area (Å²) >= 11 is 0. The Morgan fingerprint density at radius 2 is 1.40 bits per heavy atom. The van der Waals surface area contributed by atoms with Crippen LogP contribution in [-0.2, 0) is 22.6 Å². The molecule has 0 aliphatic carbocycles. The normalized spacial score (nSPS) is 18.2. The van der Waals surface area contributed by atoms with Crippen molar-refractivity contribution in [2.75, 3.05) is 18.9 Å². The van der Waals surface area contributed by atoms with E-state index in [2.05, 4.69) is 121 Å². The first-order valence-corrected chi connectivity index (χ1v) is 20.6. The van der Waals surface area contributed by atoms with Gasteiger partial charge in [-0.25, -0.2) is 4.79 Å². The first-order chi connectivity index (χ1) is 29.3. The molecule has 0 bridgehead atoms. The molecule has 0 unspecified atom stereocenters. The lowest BCUT2D eigenvalue weighted by Gasteiger charge is -2.43.